The van der Waals surface area contributed by atoms with Crippen LogP contribution in [0.25, 0.3) is 6.08 Å². The molecule has 2 amide bonds. The summed E-state index contributed by atoms with van der Waals surface area (Å²) < 4.78 is 10.2. The second kappa shape index (κ2) is 9.43. The first-order chi connectivity index (χ1) is 14.8. The Bertz CT molecular complexity index is 1070. The van der Waals surface area contributed by atoms with Gasteiger partial charge in [0.2, 0.25) is 0 Å². The number of hydrogen-bond donors (Lipinski definition) is 0. The van der Waals surface area contributed by atoms with E-state index in [1.807, 2.05) is 0 Å². The van der Waals surface area contributed by atoms with Crippen molar-refractivity contribution in [1.29, 1.82) is 0 Å². The maximum absolute atomic E-state index is 12.5. The average molecular weight is 442 g/mol. The highest BCUT2D eigenvalue weighted by Gasteiger charge is 2.41. The Hall–Kier alpha value is -3.66. The lowest BCUT2D eigenvalue weighted by molar-refractivity contribution is -0.384. The Kier molecular flexibility index (Phi) is 6.71. The molecule has 1 atom stereocenters. The van der Waals surface area contributed by atoms with Crippen LogP contribution in [0, 0.1) is 10.1 Å². The number of amides is 2. The van der Waals surface area contributed by atoms with E-state index >= 15 is 0 Å². The number of nitro groups is 1. The van der Waals surface area contributed by atoms with Crippen molar-refractivity contribution in [3.63, 3.8) is 0 Å². The topological polar surface area (TPSA) is 116 Å². The highest BCUT2D eigenvalue weighted by Crippen LogP contribution is 2.34. The lowest BCUT2D eigenvalue weighted by Crippen LogP contribution is -2.42. The fourth-order valence-electron chi connectivity index (χ4n) is 2.83. The molecule has 1 unspecified atom stereocenters. The Balaban J connectivity index is 1.66. The molecule has 2 aromatic carbocycles. The summed E-state index contributed by atoms with van der Waals surface area (Å²) in [6.45, 7) is 1.59. The number of carbonyl (C=O) groups is 3. The first-order valence-electron chi connectivity index (χ1n) is 9.11. The van der Waals surface area contributed by atoms with Crippen molar-refractivity contribution in [1.82, 2.24) is 4.90 Å². The number of rotatable bonds is 7. The Labute approximate surface area is 181 Å². The summed E-state index contributed by atoms with van der Waals surface area (Å²) in [4.78, 5) is 47.8. The van der Waals surface area contributed by atoms with Crippen molar-refractivity contribution in [2.45, 2.75) is 19.6 Å². The molecule has 1 aliphatic rings. The Morgan fingerprint density at radius 2 is 1.94 bits per heavy atom. The van der Waals surface area contributed by atoms with E-state index in [1.54, 1.807) is 42.5 Å². The molecule has 3 rings (SSSR count). The van der Waals surface area contributed by atoms with Gasteiger partial charge in [-0.3, -0.25) is 24.6 Å². The van der Waals surface area contributed by atoms with Crippen LogP contribution in [0.5, 0.6) is 5.75 Å². The zero-order chi connectivity index (χ0) is 22.5. The molecule has 10 heteroatoms. The van der Waals surface area contributed by atoms with Gasteiger partial charge in [-0.05, 0) is 48.0 Å². The van der Waals surface area contributed by atoms with Gasteiger partial charge in [0, 0.05) is 12.1 Å². The summed E-state index contributed by atoms with van der Waals surface area (Å²) in [7, 11) is 1.19. The third-order valence-electron chi connectivity index (χ3n) is 4.46. The molecule has 2 aromatic rings. The van der Waals surface area contributed by atoms with Crippen LogP contribution >= 0.6 is 11.8 Å². The second-order valence-corrected chi connectivity index (χ2v) is 7.53. The first kappa shape index (κ1) is 22.0. The quantitative estimate of drug-likeness (QED) is 0.275. The summed E-state index contributed by atoms with van der Waals surface area (Å²) in [6, 6.07) is 12.0. The smallest absolute Gasteiger partial charge is 0.328 e. The molecule has 0 bridgehead atoms. The maximum atomic E-state index is 12.5. The SMILES string of the molecule is COC(=O)C(C)N1C(=O)S/C(=C/c2ccc(OCc3cccc([N+](=O)[O-])c3)cc2)C1=O. The van der Waals surface area contributed by atoms with Crippen molar-refractivity contribution in [2.24, 2.45) is 0 Å². The van der Waals surface area contributed by atoms with Gasteiger partial charge in [0.05, 0.1) is 16.9 Å². The summed E-state index contributed by atoms with van der Waals surface area (Å²) in [6.07, 6.45) is 1.55. The van der Waals surface area contributed by atoms with E-state index in [-0.39, 0.29) is 17.2 Å². The molecular formula is C21H18N2O7S. The predicted molar refractivity (Wildman–Crippen MR) is 113 cm³/mol. The van der Waals surface area contributed by atoms with Crippen LogP contribution in [0.2, 0.25) is 0 Å². The van der Waals surface area contributed by atoms with Crippen LogP contribution in [0.15, 0.2) is 53.4 Å². The standard InChI is InChI=1S/C21H18N2O7S/c1-13(20(25)29-2)22-19(24)18(31-21(22)26)11-14-6-8-17(9-7-14)30-12-15-4-3-5-16(10-15)23(27)28/h3-11,13H,12H2,1-2H3/b18-11+. The molecule has 0 N–H and O–H groups in total. The number of non-ortho nitro benzene ring substituents is 1. The molecule has 0 saturated carbocycles. The van der Waals surface area contributed by atoms with Crippen LogP contribution in [0.3, 0.4) is 0 Å². The monoisotopic (exact) mass is 442 g/mol. The van der Waals surface area contributed by atoms with Crippen molar-refractivity contribution >= 4 is 40.6 Å². The van der Waals surface area contributed by atoms with E-state index in [1.165, 1.54) is 26.2 Å². The van der Waals surface area contributed by atoms with Gasteiger partial charge >= 0.3 is 5.97 Å². The minimum Gasteiger partial charge on any atom is -0.489 e. The van der Waals surface area contributed by atoms with E-state index in [9.17, 15) is 24.5 Å². The average Bonchev–Trinajstić information content (AvgIpc) is 3.05. The summed E-state index contributed by atoms with van der Waals surface area (Å²) in [5.74, 6) is -0.691. The molecule has 1 fully saturated rings. The predicted octanol–water partition coefficient (Wildman–Crippen LogP) is 3.77. The number of benzene rings is 2. The van der Waals surface area contributed by atoms with Crippen molar-refractivity contribution < 1.29 is 28.8 Å². The number of imide groups is 1. The zero-order valence-electron chi connectivity index (χ0n) is 16.6. The van der Waals surface area contributed by atoms with Crippen molar-refractivity contribution in [2.75, 3.05) is 7.11 Å². The van der Waals surface area contributed by atoms with Gasteiger partial charge in [0.25, 0.3) is 16.8 Å². The van der Waals surface area contributed by atoms with Crippen LogP contribution in [0.1, 0.15) is 18.1 Å². The van der Waals surface area contributed by atoms with Crippen LogP contribution in [0.4, 0.5) is 10.5 Å². The Morgan fingerprint density at radius 3 is 2.58 bits per heavy atom. The van der Waals surface area contributed by atoms with Gasteiger partial charge in [-0.2, -0.15) is 0 Å². The van der Waals surface area contributed by atoms with Crippen molar-refractivity contribution in [3.8, 4) is 5.75 Å². The van der Waals surface area contributed by atoms with Crippen LogP contribution in [-0.2, 0) is 20.9 Å². The number of ether oxygens (including phenoxy) is 2. The molecule has 31 heavy (non-hydrogen) atoms. The Morgan fingerprint density at radius 1 is 1.23 bits per heavy atom. The number of methoxy groups -OCH3 is 1. The van der Waals surface area contributed by atoms with Gasteiger partial charge in [-0.15, -0.1) is 0 Å². The van der Waals surface area contributed by atoms with E-state index in [4.69, 9.17) is 4.74 Å². The number of nitrogens with zero attached hydrogens (tertiary/aromatic N) is 2. The van der Waals surface area contributed by atoms with Gasteiger partial charge in [0.15, 0.2) is 0 Å². The fraction of sp³-hybridized carbons (Fsp3) is 0.190. The van der Waals surface area contributed by atoms with E-state index in [2.05, 4.69) is 4.74 Å². The highest BCUT2D eigenvalue weighted by molar-refractivity contribution is 8.18. The second-order valence-electron chi connectivity index (χ2n) is 6.54. The van der Waals surface area contributed by atoms with Crippen LogP contribution < -0.4 is 4.74 Å². The molecular weight excluding hydrogens is 424 g/mol. The van der Waals surface area contributed by atoms with Gasteiger partial charge < -0.3 is 9.47 Å². The lowest BCUT2D eigenvalue weighted by atomic mass is 10.2. The molecule has 160 valence electrons. The molecule has 0 radical (unpaired) electrons. The number of nitro benzene ring substituents is 1. The van der Waals surface area contributed by atoms with E-state index in [0.717, 1.165) is 16.7 Å². The van der Waals surface area contributed by atoms with E-state index in [0.29, 0.717) is 16.9 Å². The zero-order valence-corrected chi connectivity index (χ0v) is 17.5. The number of thioether (sulfide) groups is 1. The largest absolute Gasteiger partial charge is 0.489 e. The van der Waals surface area contributed by atoms with E-state index < -0.39 is 28.1 Å². The van der Waals surface area contributed by atoms with Gasteiger partial charge in [0.1, 0.15) is 18.4 Å². The number of carbonyl (C=O) groups excluding carboxylic acids is 3. The third-order valence-corrected chi connectivity index (χ3v) is 5.34. The minimum atomic E-state index is -1.01. The fourth-order valence-corrected chi connectivity index (χ4v) is 3.74. The maximum Gasteiger partial charge on any atom is 0.328 e. The normalized spacial score (nSPS) is 15.8. The third kappa shape index (κ3) is 5.10. The van der Waals surface area contributed by atoms with Crippen molar-refractivity contribution in [3.05, 3.63) is 74.7 Å². The molecule has 0 aliphatic carbocycles. The molecule has 9 nitrogen and oxygen atoms in total. The molecule has 1 heterocycles. The van der Waals surface area contributed by atoms with Gasteiger partial charge in [-0.25, -0.2) is 4.79 Å². The molecule has 1 aliphatic heterocycles. The minimum absolute atomic E-state index is 0.00749. The summed E-state index contributed by atoms with van der Waals surface area (Å²) >= 11 is 0.753. The highest BCUT2D eigenvalue weighted by atomic mass is 32.2. The van der Waals surface area contributed by atoms with Gasteiger partial charge in [-0.1, -0.05) is 24.3 Å². The molecule has 0 spiro atoms. The summed E-state index contributed by atoms with van der Waals surface area (Å²) in [5, 5.41) is 10.3. The summed E-state index contributed by atoms with van der Waals surface area (Å²) in [5.41, 5.74) is 1.32. The molecule has 0 aromatic heterocycles. The van der Waals surface area contributed by atoms with Crippen LogP contribution in [-0.4, -0.2) is 40.1 Å². The first-order valence-corrected chi connectivity index (χ1v) is 9.93. The molecule has 1 saturated heterocycles. The number of hydrogen-bond acceptors (Lipinski definition) is 8. The lowest BCUT2D eigenvalue weighted by Gasteiger charge is -2.18. The number of esters is 1.